The van der Waals surface area contributed by atoms with Crippen LogP contribution < -0.4 is 5.19 Å². The van der Waals surface area contributed by atoms with Crippen LogP contribution in [-0.4, -0.2) is 27.7 Å². The SMILES string of the molecule is [2H]c1c(C([2H])(C)C)c(-c2cc(C(C)C)c(-c3ccnc(-c4[c-]c(-c5cccc6c5nc(-c5cc(C(C)(C)C)cc(C(C)(C)C)c5O)n6-c5ccc(C(C)(C)C)cc5-c5ccccc5)cc(C(C)(C)C)c4)c3)c(C(C)C)c2)c(C([2H])(C)C)c([2H])c1[Si](C)(C)C.[Pt]. The zero-order valence-electron chi connectivity index (χ0n) is 59.3. The smallest absolute Gasteiger partial charge is 0.148 e. The third kappa shape index (κ3) is 13.1. The Morgan fingerprint density at radius 3 is 1.60 bits per heavy atom. The zero-order valence-corrected chi connectivity index (χ0v) is 58.6. The topological polar surface area (TPSA) is 50.9 Å². The van der Waals surface area contributed by atoms with E-state index in [1.807, 2.05) is 33.9 Å². The van der Waals surface area contributed by atoms with E-state index in [1.165, 1.54) is 5.56 Å². The van der Waals surface area contributed by atoms with Gasteiger partial charge in [0.1, 0.15) is 11.6 Å². The van der Waals surface area contributed by atoms with E-state index in [4.69, 9.17) is 9.97 Å². The van der Waals surface area contributed by atoms with Gasteiger partial charge in [0.05, 0.1) is 33.1 Å². The molecule has 6 heteroatoms. The number of hydrogen-bond donors (Lipinski definition) is 1. The second-order valence-electron chi connectivity index (χ2n) is 29.9. The molecule has 9 aromatic rings. The molecule has 7 aromatic carbocycles. The average Bonchev–Trinajstić information content (AvgIpc) is 1.62. The van der Waals surface area contributed by atoms with Crippen LogP contribution in [0.2, 0.25) is 19.6 Å². The number of rotatable bonds is 12. The molecule has 448 valence electrons. The van der Waals surface area contributed by atoms with Gasteiger partial charge < -0.3 is 5.11 Å². The van der Waals surface area contributed by atoms with Crippen molar-refractivity contribution in [3.63, 3.8) is 0 Å². The van der Waals surface area contributed by atoms with E-state index in [9.17, 15) is 10.6 Å². The van der Waals surface area contributed by atoms with E-state index in [0.717, 1.165) is 94.7 Å². The van der Waals surface area contributed by atoms with Gasteiger partial charge in [-0.2, -0.15) is 0 Å². The third-order valence-electron chi connectivity index (χ3n) is 16.7. The number of imidazole rings is 1. The molecule has 85 heavy (non-hydrogen) atoms. The summed E-state index contributed by atoms with van der Waals surface area (Å²) in [6.45, 7) is 49.4. The second kappa shape index (κ2) is 23.9. The molecule has 9 rings (SSSR count). The first kappa shape index (κ1) is 59.2. The normalized spacial score (nSPS) is 13.7. The van der Waals surface area contributed by atoms with Gasteiger partial charge in [-0.25, -0.2) is 4.98 Å². The summed E-state index contributed by atoms with van der Waals surface area (Å²) >= 11 is 0. The Morgan fingerprint density at radius 1 is 0.529 bits per heavy atom. The first-order chi connectivity index (χ1) is 40.5. The predicted octanol–water partition coefficient (Wildman–Crippen LogP) is 22.2. The Labute approximate surface area is 533 Å². The molecule has 0 amide bonds. The average molecular weight is 1330 g/mol. The maximum Gasteiger partial charge on any atom is 0.148 e. The van der Waals surface area contributed by atoms with E-state index in [0.29, 0.717) is 33.3 Å². The number of aromatic hydroxyl groups is 1. The molecule has 0 atom stereocenters. The molecule has 2 heterocycles. The minimum atomic E-state index is -2.29. The van der Waals surface area contributed by atoms with Crippen molar-refractivity contribution in [3.8, 4) is 78.6 Å². The molecule has 4 nitrogen and oxygen atoms in total. The fourth-order valence-electron chi connectivity index (χ4n) is 11.6. The van der Waals surface area contributed by atoms with Crippen molar-refractivity contribution in [2.45, 2.75) is 203 Å². The summed E-state index contributed by atoms with van der Waals surface area (Å²) in [5, 5.41) is 13.5. The molecule has 0 unspecified atom stereocenters. The number of benzene rings is 7. The first-order valence-corrected chi connectivity index (χ1v) is 34.0. The van der Waals surface area contributed by atoms with E-state index in [1.54, 1.807) is 0 Å². The Morgan fingerprint density at radius 2 is 1.07 bits per heavy atom. The van der Waals surface area contributed by atoms with Crippen molar-refractivity contribution in [3.05, 3.63) is 184 Å². The quantitative estimate of drug-likeness (QED) is 0.0980. The summed E-state index contributed by atoms with van der Waals surface area (Å²) in [5.41, 5.74) is 19.2. The molecule has 0 aliphatic heterocycles. The van der Waals surface area contributed by atoms with Crippen LogP contribution in [0.3, 0.4) is 0 Å². The molecule has 0 saturated carbocycles. The van der Waals surface area contributed by atoms with Crippen LogP contribution in [0.4, 0.5) is 0 Å². The number of phenolic OH excluding ortho intramolecular Hbond substituents is 1. The standard InChI is InChI=1S/C79H96N3OSi.Pt/c1-47(2)61-39-55(72-63(49(5)6)45-59(84(21,22)23)46-64(72)50(7)8)40-62(48(3)4)71(61)52-34-35-80-68(41-52)54-36-53(37-57(38-54)77(12,13)14)60-30-27-31-70-73(60)81-75(66-43-58(78(15,16)17)44-67(74(66)83)79(18,19)20)82(70)69-33-32-56(76(9,10)11)42-65(69)51-28-25-24-26-29-51;/h24-35,37-50,83H,1-23H3;/q-1;/i45D,46D,49D,50D;. The molecule has 0 spiro atoms. The molecule has 0 fully saturated rings. The largest absolute Gasteiger partial charge is 0.507 e. The molecule has 0 saturated heterocycles. The molecule has 2 aromatic heterocycles. The molecule has 0 aliphatic carbocycles. The summed E-state index contributed by atoms with van der Waals surface area (Å²) in [7, 11) is -2.29. The van der Waals surface area contributed by atoms with E-state index < -0.39 is 19.9 Å². The molecule has 0 radical (unpaired) electrons. The maximum atomic E-state index is 12.8. The number of nitrogens with zero attached hydrogens (tertiary/aromatic N) is 3. The van der Waals surface area contributed by atoms with Gasteiger partial charge >= 0.3 is 0 Å². The summed E-state index contributed by atoms with van der Waals surface area (Å²) in [5.74, 6) is -1.39. The summed E-state index contributed by atoms with van der Waals surface area (Å²) in [4.78, 5) is 10.9. The van der Waals surface area contributed by atoms with Crippen LogP contribution in [0.25, 0.3) is 83.9 Å². The van der Waals surface area contributed by atoms with Gasteiger partial charge in [0.2, 0.25) is 0 Å². The van der Waals surface area contributed by atoms with E-state index >= 15 is 0 Å². The van der Waals surface area contributed by atoms with Crippen LogP contribution >= 0.6 is 0 Å². The molecular formula is C79H96N3OPtSi-. The van der Waals surface area contributed by atoms with Crippen molar-refractivity contribution < 1.29 is 31.7 Å². The van der Waals surface area contributed by atoms with Crippen LogP contribution in [-0.2, 0) is 42.7 Å². The van der Waals surface area contributed by atoms with Gasteiger partial charge in [0.15, 0.2) is 0 Å². The van der Waals surface area contributed by atoms with Crippen LogP contribution in [0.1, 0.15) is 212 Å². The predicted molar refractivity (Wildman–Crippen MR) is 366 cm³/mol. The molecule has 0 bridgehead atoms. The van der Waals surface area contributed by atoms with Crippen LogP contribution in [0.15, 0.2) is 134 Å². The van der Waals surface area contributed by atoms with Crippen molar-refractivity contribution >= 4 is 24.3 Å². The van der Waals surface area contributed by atoms with E-state index in [2.05, 4.69) is 256 Å². The number of para-hydroxylation sites is 1. The number of hydrogen-bond acceptors (Lipinski definition) is 3. The van der Waals surface area contributed by atoms with Crippen molar-refractivity contribution in [2.75, 3.05) is 0 Å². The minimum absolute atomic E-state index is 0. The minimum Gasteiger partial charge on any atom is -0.507 e. The molecular weight excluding hydrogens is 1230 g/mol. The van der Waals surface area contributed by atoms with Gasteiger partial charge in [-0.3, -0.25) is 9.55 Å². The van der Waals surface area contributed by atoms with Crippen LogP contribution in [0, 0.1) is 6.07 Å². The Kier molecular flexibility index (Phi) is 16.6. The van der Waals surface area contributed by atoms with Gasteiger partial charge in [-0.1, -0.05) is 259 Å². The number of fused-ring (bicyclic) bond motifs is 1. The molecule has 0 aliphatic rings. The summed E-state index contributed by atoms with van der Waals surface area (Å²) < 4.78 is 41.2. The monoisotopic (exact) mass is 1330 g/mol. The number of pyridine rings is 1. The van der Waals surface area contributed by atoms with Crippen molar-refractivity contribution in [2.24, 2.45) is 0 Å². The maximum absolute atomic E-state index is 12.8. The Bertz CT molecular complexity index is 4090. The van der Waals surface area contributed by atoms with E-state index in [-0.39, 0.29) is 72.4 Å². The van der Waals surface area contributed by atoms with Gasteiger partial charge in [0.25, 0.3) is 0 Å². The zero-order chi connectivity index (χ0) is 65.1. The number of phenols is 1. The first-order valence-electron chi connectivity index (χ1n) is 32.5. The third-order valence-corrected chi connectivity index (χ3v) is 18.5. The van der Waals surface area contributed by atoms with Crippen LogP contribution in [0.5, 0.6) is 5.75 Å². The molecule has 1 N–H and O–H groups in total. The van der Waals surface area contributed by atoms with Gasteiger partial charge in [-0.05, 0) is 137 Å². The summed E-state index contributed by atoms with van der Waals surface area (Å²) in [6.07, 6.45) is 1.91. The fourth-order valence-corrected chi connectivity index (χ4v) is 12.6. The Balaban J connectivity index is 0.0000102. The summed E-state index contributed by atoms with van der Waals surface area (Å²) in [6, 6.07) is 45.9. The Hall–Kier alpha value is -6.13. The van der Waals surface area contributed by atoms with Gasteiger partial charge in [0, 0.05) is 46.8 Å². The fraction of sp³-hybridized carbons (Fsp3) is 0.392. The van der Waals surface area contributed by atoms with Gasteiger partial charge in [-0.15, -0.1) is 29.3 Å². The van der Waals surface area contributed by atoms with Crippen molar-refractivity contribution in [1.82, 2.24) is 14.5 Å². The van der Waals surface area contributed by atoms with Crippen molar-refractivity contribution in [1.29, 1.82) is 0 Å². The number of aromatic nitrogens is 3. The second-order valence-corrected chi connectivity index (χ2v) is 34.9.